The van der Waals surface area contributed by atoms with E-state index in [2.05, 4.69) is 0 Å². The Labute approximate surface area is 109 Å². The van der Waals surface area contributed by atoms with Crippen molar-refractivity contribution in [3.63, 3.8) is 0 Å². The quantitative estimate of drug-likeness (QED) is 0.629. The average Bonchev–Trinajstić information content (AvgIpc) is 2.30. The van der Waals surface area contributed by atoms with Crippen LogP contribution < -0.4 is 0 Å². The summed E-state index contributed by atoms with van der Waals surface area (Å²) in [6.45, 7) is 3.29. The average molecular weight is 273 g/mol. The van der Waals surface area contributed by atoms with Crippen molar-refractivity contribution in [2.45, 2.75) is 13.8 Å². The summed E-state index contributed by atoms with van der Waals surface area (Å²) < 4.78 is 36.9. The maximum Gasteiger partial charge on any atom is 0.129 e. The van der Waals surface area contributed by atoms with Crippen LogP contribution in [0.2, 0.25) is 5.02 Å². The van der Waals surface area contributed by atoms with E-state index in [-0.39, 0.29) is 5.82 Å². The van der Waals surface area contributed by atoms with Crippen molar-refractivity contribution in [3.8, 4) is 0 Å². The minimum absolute atomic E-state index is 0.248. The molecule has 0 saturated carbocycles. The van der Waals surface area contributed by atoms with Crippen molar-refractivity contribution in [2.75, 3.05) is 0 Å². The summed E-state index contributed by atoms with van der Waals surface area (Å²) in [6, 6.07) is 8.13. The van der Waals surface area contributed by atoms with Crippen molar-refractivity contribution in [1.82, 2.24) is 0 Å². The van der Waals surface area contributed by atoms with Crippen LogP contribution in [-0.4, -0.2) is 0 Å². The fraction of sp³-hybridized carbons (Fsp3) is 0.143. The summed E-state index contributed by atoms with van der Waals surface area (Å²) in [5.41, 5.74) is 1.09. The molecule has 0 saturated heterocycles. The topological polar surface area (TPSA) is 0 Å². The van der Waals surface area contributed by atoms with Gasteiger partial charge >= 0.3 is 0 Å². The van der Waals surface area contributed by atoms with Gasteiger partial charge in [0.05, 0.1) is 0 Å². The number of halogens is 4. The highest BCUT2D eigenvalue weighted by atomic mass is 35.5. The Morgan fingerprint density at radius 2 is 1.28 bits per heavy atom. The molecule has 2 aromatic carbocycles. The highest BCUT2D eigenvalue weighted by Crippen LogP contribution is 2.12. The van der Waals surface area contributed by atoms with Gasteiger partial charge in [-0.15, -0.1) is 0 Å². The van der Waals surface area contributed by atoms with Crippen LogP contribution in [0.1, 0.15) is 11.1 Å². The predicted octanol–water partition coefficient (Wildman–Crippen LogP) is 5.06. The third kappa shape index (κ3) is 4.41. The van der Waals surface area contributed by atoms with Gasteiger partial charge in [0.1, 0.15) is 17.5 Å². The second kappa shape index (κ2) is 6.45. The van der Waals surface area contributed by atoms with Gasteiger partial charge in [-0.25, -0.2) is 13.2 Å². The Bertz CT molecular complexity index is 489. The molecule has 0 N–H and O–H groups in total. The summed E-state index contributed by atoms with van der Waals surface area (Å²) >= 11 is 5.48. The Hall–Kier alpha value is -1.48. The van der Waals surface area contributed by atoms with E-state index in [0.717, 1.165) is 6.07 Å². The standard InChI is InChI=1S/C7H6ClF.C7H6F2/c2*1-5-2-3-6(8)4-7(5)9/h2*2-4H,1H3. The number of hydrogen-bond donors (Lipinski definition) is 0. The fourth-order valence-corrected chi connectivity index (χ4v) is 1.29. The lowest BCUT2D eigenvalue weighted by molar-refractivity contribution is 0.577. The Balaban J connectivity index is 0.000000180. The molecule has 0 aromatic heterocycles. The van der Waals surface area contributed by atoms with E-state index in [1.54, 1.807) is 26.0 Å². The Kier molecular flexibility index (Phi) is 5.23. The SMILES string of the molecule is Cc1ccc(Cl)cc1F.Cc1ccc(F)cc1F. The van der Waals surface area contributed by atoms with Gasteiger partial charge in [-0.3, -0.25) is 0 Å². The maximum atomic E-state index is 12.5. The highest BCUT2D eigenvalue weighted by Gasteiger charge is 1.96. The lowest BCUT2D eigenvalue weighted by Crippen LogP contribution is -1.81. The van der Waals surface area contributed by atoms with E-state index in [1.165, 1.54) is 18.2 Å². The third-order valence-corrected chi connectivity index (χ3v) is 2.50. The molecule has 0 bridgehead atoms. The zero-order valence-electron chi connectivity index (χ0n) is 9.98. The van der Waals surface area contributed by atoms with Gasteiger partial charge in [-0.05, 0) is 43.2 Å². The molecule has 0 spiro atoms. The number of rotatable bonds is 0. The van der Waals surface area contributed by atoms with Crippen molar-refractivity contribution in [1.29, 1.82) is 0 Å². The molecule has 2 rings (SSSR count). The van der Waals surface area contributed by atoms with Gasteiger partial charge in [-0.1, -0.05) is 23.7 Å². The summed E-state index contributed by atoms with van der Waals surface area (Å²) in [7, 11) is 0. The van der Waals surface area contributed by atoms with Gasteiger partial charge in [0.2, 0.25) is 0 Å². The molecule has 0 fully saturated rings. The number of hydrogen-bond acceptors (Lipinski definition) is 0. The van der Waals surface area contributed by atoms with Crippen molar-refractivity contribution >= 4 is 11.6 Å². The number of benzene rings is 2. The first kappa shape index (κ1) is 14.6. The molecule has 0 aliphatic rings. The van der Waals surface area contributed by atoms with Gasteiger partial charge in [0.25, 0.3) is 0 Å². The second-order valence-corrected chi connectivity index (χ2v) is 4.22. The first-order chi connectivity index (χ1) is 8.40. The first-order valence-electron chi connectivity index (χ1n) is 5.23. The van der Waals surface area contributed by atoms with Crippen LogP contribution in [0.4, 0.5) is 13.2 Å². The van der Waals surface area contributed by atoms with E-state index >= 15 is 0 Å². The molecule has 0 amide bonds. The van der Waals surface area contributed by atoms with E-state index < -0.39 is 11.6 Å². The molecule has 0 nitrogen and oxygen atoms in total. The molecule has 0 unspecified atom stereocenters. The van der Waals surface area contributed by atoms with Gasteiger partial charge in [0.15, 0.2) is 0 Å². The van der Waals surface area contributed by atoms with Crippen LogP contribution in [0, 0.1) is 31.3 Å². The first-order valence-corrected chi connectivity index (χ1v) is 5.61. The molecule has 96 valence electrons. The van der Waals surface area contributed by atoms with Crippen LogP contribution in [0.3, 0.4) is 0 Å². The van der Waals surface area contributed by atoms with E-state index in [1.807, 2.05) is 0 Å². The predicted molar refractivity (Wildman–Crippen MR) is 67.2 cm³/mol. The van der Waals surface area contributed by atoms with Crippen molar-refractivity contribution < 1.29 is 13.2 Å². The molecule has 4 heteroatoms. The molecule has 0 aliphatic heterocycles. The molecule has 0 radical (unpaired) electrons. The molecule has 0 aliphatic carbocycles. The van der Waals surface area contributed by atoms with Gasteiger partial charge in [-0.2, -0.15) is 0 Å². The molecule has 0 heterocycles. The summed E-state index contributed by atoms with van der Waals surface area (Å²) in [4.78, 5) is 0. The van der Waals surface area contributed by atoms with Crippen molar-refractivity contribution in [2.24, 2.45) is 0 Å². The smallest absolute Gasteiger partial charge is 0.129 e. The van der Waals surface area contributed by atoms with Gasteiger partial charge in [0, 0.05) is 11.1 Å². The summed E-state index contributed by atoms with van der Waals surface area (Å²) in [5, 5.41) is 0.443. The summed E-state index contributed by atoms with van der Waals surface area (Å²) in [6.07, 6.45) is 0. The van der Waals surface area contributed by atoms with Crippen LogP contribution >= 0.6 is 11.6 Å². The largest absolute Gasteiger partial charge is 0.207 e. The molecular weight excluding hydrogens is 261 g/mol. The Morgan fingerprint density at radius 3 is 1.67 bits per heavy atom. The minimum Gasteiger partial charge on any atom is -0.207 e. The van der Waals surface area contributed by atoms with E-state index in [0.29, 0.717) is 16.1 Å². The van der Waals surface area contributed by atoms with Crippen LogP contribution in [0.5, 0.6) is 0 Å². The normalized spacial score (nSPS) is 9.67. The molecular formula is C14H12ClF3. The fourth-order valence-electron chi connectivity index (χ4n) is 1.13. The summed E-state index contributed by atoms with van der Waals surface area (Å²) in [5.74, 6) is -1.27. The van der Waals surface area contributed by atoms with E-state index in [4.69, 9.17) is 11.6 Å². The monoisotopic (exact) mass is 272 g/mol. The van der Waals surface area contributed by atoms with Gasteiger partial charge < -0.3 is 0 Å². The minimum atomic E-state index is -0.530. The lowest BCUT2D eigenvalue weighted by atomic mass is 10.2. The number of aryl methyl sites for hydroxylation is 2. The zero-order valence-corrected chi connectivity index (χ0v) is 10.7. The Morgan fingerprint density at radius 1 is 0.778 bits per heavy atom. The molecule has 2 aromatic rings. The van der Waals surface area contributed by atoms with Crippen LogP contribution in [0.15, 0.2) is 36.4 Å². The van der Waals surface area contributed by atoms with Crippen LogP contribution in [-0.2, 0) is 0 Å². The van der Waals surface area contributed by atoms with Crippen molar-refractivity contribution in [3.05, 3.63) is 70.0 Å². The van der Waals surface area contributed by atoms with Crippen LogP contribution in [0.25, 0.3) is 0 Å². The maximum absolute atomic E-state index is 12.5. The lowest BCUT2D eigenvalue weighted by Gasteiger charge is -1.93. The zero-order chi connectivity index (χ0) is 13.7. The van der Waals surface area contributed by atoms with E-state index in [9.17, 15) is 13.2 Å². The third-order valence-electron chi connectivity index (χ3n) is 2.27. The second-order valence-electron chi connectivity index (χ2n) is 3.79. The highest BCUT2D eigenvalue weighted by molar-refractivity contribution is 6.30. The molecule has 0 atom stereocenters. The molecule has 18 heavy (non-hydrogen) atoms.